The highest BCUT2D eigenvalue weighted by atomic mass is 32.2. The van der Waals surface area contributed by atoms with Crippen LogP contribution in [0.3, 0.4) is 0 Å². The number of fused-ring (bicyclic) bond motifs is 1. The number of aryl methyl sites for hydroxylation is 1. The lowest BCUT2D eigenvalue weighted by Crippen LogP contribution is -2.06. The Morgan fingerprint density at radius 1 is 1.22 bits per heavy atom. The third-order valence-electron chi connectivity index (χ3n) is 5.33. The second kappa shape index (κ2) is 10.2. The van der Waals surface area contributed by atoms with Gasteiger partial charge in [0.2, 0.25) is 5.82 Å². The van der Waals surface area contributed by atoms with Crippen molar-refractivity contribution in [3.05, 3.63) is 53.1 Å². The summed E-state index contributed by atoms with van der Waals surface area (Å²) in [6.45, 7) is 3.86. The van der Waals surface area contributed by atoms with Crippen LogP contribution in [0.4, 0.5) is 0 Å². The molecule has 0 spiro atoms. The normalized spacial score (nSPS) is 14.5. The second-order valence-corrected chi connectivity index (χ2v) is 9.54. The van der Waals surface area contributed by atoms with Crippen molar-refractivity contribution in [1.29, 1.82) is 5.26 Å². The van der Waals surface area contributed by atoms with Gasteiger partial charge < -0.3 is 9.26 Å². The van der Waals surface area contributed by atoms with E-state index in [4.69, 9.17) is 9.26 Å². The molecule has 1 aromatic heterocycles. The molecule has 7 heteroatoms. The standard InChI is InChI=1S/C21H19N3O2.C4H9NS/c1-13(2)25-19-10-9-15(11-16(19)12-22)21-23-20(24-26-21)18-8-4-6-14-5-3-7-17(14)18;1-5-6-4-2-3-4/h4,6,8-11,13H,3,5,7H2,1-2H3;4-5H,2-3H2,1H3. The number of nitrogens with one attached hydrogen (secondary N) is 1. The first-order valence-corrected chi connectivity index (χ1v) is 12.0. The summed E-state index contributed by atoms with van der Waals surface area (Å²) in [7, 11) is 1.98. The highest BCUT2D eigenvalue weighted by Crippen LogP contribution is 2.33. The molecule has 2 aromatic carbocycles. The zero-order chi connectivity index (χ0) is 22.5. The monoisotopic (exact) mass is 448 g/mol. The Labute approximate surface area is 193 Å². The van der Waals surface area contributed by atoms with Crippen molar-refractivity contribution in [1.82, 2.24) is 14.9 Å². The van der Waals surface area contributed by atoms with Gasteiger partial charge in [0.1, 0.15) is 11.8 Å². The summed E-state index contributed by atoms with van der Waals surface area (Å²) in [5.74, 6) is 1.56. The molecule has 0 aliphatic heterocycles. The minimum absolute atomic E-state index is 0.00290. The highest BCUT2D eigenvalue weighted by molar-refractivity contribution is 7.98. The Morgan fingerprint density at radius 3 is 2.75 bits per heavy atom. The molecule has 5 rings (SSSR count). The zero-order valence-electron chi connectivity index (χ0n) is 18.7. The molecule has 2 aliphatic rings. The molecule has 0 amide bonds. The predicted octanol–water partition coefficient (Wildman–Crippen LogP) is 5.57. The van der Waals surface area contributed by atoms with Gasteiger partial charge in [-0.3, -0.25) is 4.72 Å². The number of aromatic nitrogens is 2. The maximum absolute atomic E-state index is 9.40. The Hall–Kier alpha value is -2.82. The van der Waals surface area contributed by atoms with Crippen molar-refractivity contribution in [2.75, 3.05) is 7.05 Å². The summed E-state index contributed by atoms with van der Waals surface area (Å²) >= 11 is 1.85. The molecule has 0 radical (unpaired) electrons. The molecule has 32 heavy (non-hydrogen) atoms. The number of hydrogen-bond donors (Lipinski definition) is 1. The molecule has 2 aliphatic carbocycles. The van der Waals surface area contributed by atoms with Crippen molar-refractivity contribution >= 4 is 11.9 Å². The maximum atomic E-state index is 9.40. The summed E-state index contributed by atoms with van der Waals surface area (Å²) < 4.78 is 14.2. The lowest BCUT2D eigenvalue weighted by Gasteiger charge is -2.11. The van der Waals surface area contributed by atoms with Gasteiger partial charge in [0.05, 0.1) is 11.7 Å². The quantitative estimate of drug-likeness (QED) is 0.494. The minimum Gasteiger partial charge on any atom is -0.490 e. The predicted molar refractivity (Wildman–Crippen MR) is 127 cm³/mol. The lowest BCUT2D eigenvalue weighted by molar-refractivity contribution is 0.241. The summed E-state index contributed by atoms with van der Waals surface area (Å²) in [5.41, 5.74) is 4.89. The van der Waals surface area contributed by atoms with Crippen LogP contribution in [-0.4, -0.2) is 28.5 Å². The molecule has 1 saturated carbocycles. The van der Waals surface area contributed by atoms with Crippen LogP contribution in [0, 0.1) is 11.3 Å². The number of rotatable bonds is 6. The third kappa shape index (κ3) is 5.32. The van der Waals surface area contributed by atoms with Crippen LogP contribution in [0.5, 0.6) is 5.75 Å². The fraction of sp³-hybridized carbons (Fsp3) is 0.400. The van der Waals surface area contributed by atoms with E-state index in [1.807, 2.05) is 51.0 Å². The zero-order valence-corrected chi connectivity index (χ0v) is 19.5. The number of nitrogens with zero attached hydrogens (tertiary/aromatic N) is 3. The van der Waals surface area contributed by atoms with Crippen LogP contribution < -0.4 is 9.46 Å². The third-order valence-corrected chi connectivity index (χ3v) is 6.37. The topological polar surface area (TPSA) is 84.0 Å². The average Bonchev–Trinajstić information content (AvgIpc) is 3.27. The van der Waals surface area contributed by atoms with Crippen LogP contribution in [0.15, 0.2) is 40.9 Å². The molecule has 1 N–H and O–H groups in total. The molecule has 6 nitrogen and oxygen atoms in total. The van der Waals surface area contributed by atoms with Crippen LogP contribution in [0.25, 0.3) is 22.8 Å². The van der Waals surface area contributed by atoms with Gasteiger partial charge in [0.15, 0.2) is 0 Å². The fourth-order valence-electron chi connectivity index (χ4n) is 3.74. The van der Waals surface area contributed by atoms with Crippen molar-refractivity contribution in [3.63, 3.8) is 0 Å². The van der Waals surface area contributed by atoms with Gasteiger partial charge >= 0.3 is 0 Å². The first-order valence-electron chi connectivity index (χ1n) is 11.1. The number of hydrogen-bond acceptors (Lipinski definition) is 7. The molecule has 1 fully saturated rings. The van der Waals surface area contributed by atoms with E-state index in [2.05, 4.69) is 27.0 Å². The van der Waals surface area contributed by atoms with Crippen molar-refractivity contribution in [2.24, 2.45) is 0 Å². The Bertz CT molecular complexity index is 1120. The van der Waals surface area contributed by atoms with E-state index >= 15 is 0 Å². The SMILES string of the molecule is CC(C)Oc1ccc(-c2nc(-c3cccc4c3CCC4)no2)cc1C#N.CNSC1CC1. The molecule has 3 aromatic rings. The molecular weight excluding hydrogens is 420 g/mol. The van der Waals surface area contributed by atoms with Crippen molar-refractivity contribution in [3.8, 4) is 34.7 Å². The van der Waals surface area contributed by atoms with Crippen LogP contribution in [-0.2, 0) is 12.8 Å². The van der Waals surface area contributed by atoms with Crippen molar-refractivity contribution < 1.29 is 9.26 Å². The maximum Gasteiger partial charge on any atom is 0.258 e. The van der Waals surface area contributed by atoms with Gasteiger partial charge in [-0.05, 0) is 82.3 Å². The molecule has 1 heterocycles. The van der Waals surface area contributed by atoms with Crippen LogP contribution in [0.1, 0.15) is 49.8 Å². The van der Waals surface area contributed by atoms with Gasteiger partial charge in [0, 0.05) is 16.4 Å². The Morgan fingerprint density at radius 2 is 2.06 bits per heavy atom. The van der Waals surface area contributed by atoms with Crippen LogP contribution in [0.2, 0.25) is 0 Å². The molecule has 0 saturated heterocycles. The number of nitriles is 1. The van der Waals surface area contributed by atoms with Gasteiger partial charge in [-0.1, -0.05) is 35.3 Å². The average molecular weight is 449 g/mol. The van der Waals surface area contributed by atoms with E-state index in [1.54, 1.807) is 12.1 Å². The summed E-state index contributed by atoms with van der Waals surface area (Å²) in [4.78, 5) is 4.57. The molecule has 0 unspecified atom stereocenters. The van der Waals surface area contributed by atoms with E-state index in [-0.39, 0.29) is 6.10 Å². The molecule has 166 valence electrons. The van der Waals surface area contributed by atoms with E-state index in [1.165, 1.54) is 30.4 Å². The molecule has 0 bridgehead atoms. The molecular formula is C25H28N4O2S. The number of ether oxygens (including phenoxy) is 1. The van der Waals surface area contributed by atoms with Gasteiger partial charge in [-0.2, -0.15) is 10.2 Å². The molecule has 0 atom stereocenters. The smallest absolute Gasteiger partial charge is 0.258 e. The summed E-state index contributed by atoms with van der Waals surface area (Å²) in [5, 5.41) is 14.5. The second-order valence-electron chi connectivity index (χ2n) is 8.23. The Balaban J connectivity index is 0.000000354. The largest absolute Gasteiger partial charge is 0.490 e. The van der Waals surface area contributed by atoms with Gasteiger partial charge in [-0.15, -0.1) is 0 Å². The van der Waals surface area contributed by atoms with Gasteiger partial charge in [0.25, 0.3) is 5.89 Å². The van der Waals surface area contributed by atoms with Crippen LogP contribution >= 0.6 is 11.9 Å². The van der Waals surface area contributed by atoms with Crippen molar-refractivity contribution in [2.45, 2.75) is 57.3 Å². The summed E-state index contributed by atoms with van der Waals surface area (Å²) in [6, 6.07) is 13.8. The van der Waals surface area contributed by atoms with E-state index in [9.17, 15) is 5.26 Å². The van der Waals surface area contributed by atoms with E-state index in [0.717, 1.165) is 23.7 Å². The number of benzene rings is 2. The van der Waals surface area contributed by atoms with Gasteiger partial charge in [-0.25, -0.2) is 0 Å². The van der Waals surface area contributed by atoms with E-state index < -0.39 is 0 Å². The highest BCUT2D eigenvalue weighted by Gasteiger charge is 2.21. The lowest BCUT2D eigenvalue weighted by atomic mass is 10.0. The Kier molecular flexibility index (Phi) is 7.13. The summed E-state index contributed by atoms with van der Waals surface area (Å²) in [6.07, 6.45) is 6.17. The first kappa shape index (κ1) is 22.4. The van der Waals surface area contributed by atoms with E-state index in [0.29, 0.717) is 28.6 Å². The first-order chi connectivity index (χ1) is 15.6. The fourth-order valence-corrected chi connectivity index (χ4v) is 4.44. The minimum atomic E-state index is 0.00290.